The molecule has 0 spiro atoms. The van der Waals surface area contributed by atoms with Crippen molar-refractivity contribution < 1.29 is 22.3 Å². The SMILES string of the molecule is COc1cc(NS(=O)(=O)c2ccc(-c3ccco3)cc2)nc(OC)n1. The van der Waals surface area contributed by atoms with Crippen LogP contribution >= 0.6 is 0 Å². The lowest BCUT2D eigenvalue weighted by atomic mass is 10.2. The molecule has 3 aromatic rings. The highest BCUT2D eigenvalue weighted by atomic mass is 32.2. The second-order valence-electron chi connectivity index (χ2n) is 4.89. The highest BCUT2D eigenvalue weighted by Gasteiger charge is 2.17. The van der Waals surface area contributed by atoms with E-state index in [2.05, 4.69) is 14.7 Å². The third-order valence-corrected chi connectivity index (χ3v) is 4.65. The van der Waals surface area contributed by atoms with Crippen LogP contribution in [0.25, 0.3) is 11.3 Å². The summed E-state index contributed by atoms with van der Waals surface area (Å²) in [6.07, 6.45) is 1.55. The maximum Gasteiger partial charge on any atom is 0.321 e. The minimum Gasteiger partial charge on any atom is -0.481 e. The maximum absolute atomic E-state index is 12.5. The summed E-state index contributed by atoms with van der Waals surface area (Å²) >= 11 is 0. The summed E-state index contributed by atoms with van der Waals surface area (Å²) in [5.41, 5.74) is 0.773. The van der Waals surface area contributed by atoms with Gasteiger partial charge in [-0.3, -0.25) is 4.72 Å². The van der Waals surface area contributed by atoms with Crippen molar-refractivity contribution in [2.24, 2.45) is 0 Å². The van der Waals surface area contributed by atoms with E-state index in [0.29, 0.717) is 5.76 Å². The lowest BCUT2D eigenvalue weighted by Crippen LogP contribution is -2.14. The number of ether oxygens (including phenoxy) is 2. The molecule has 1 N–H and O–H groups in total. The van der Waals surface area contributed by atoms with Crippen molar-refractivity contribution >= 4 is 15.8 Å². The van der Waals surface area contributed by atoms with E-state index in [1.54, 1.807) is 30.5 Å². The van der Waals surface area contributed by atoms with Crippen LogP contribution in [-0.4, -0.2) is 32.6 Å². The molecular formula is C16H15N3O5S. The number of hydrogen-bond acceptors (Lipinski definition) is 7. The van der Waals surface area contributed by atoms with Gasteiger partial charge in [0.05, 0.1) is 25.4 Å². The highest BCUT2D eigenvalue weighted by Crippen LogP contribution is 2.24. The van der Waals surface area contributed by atoms with Crippen LogP contribution in [-0.2, 0) is 10.0 Å². The van der Waals surface area contributed by atoms with Crippen LogP contribution in [0, 0.1) is 0 Å². The molecular weight excluding hydrogens is 346 g/mol. The molecule has 0 bridgehead atoms. The number of hydrogen-bond donors (Lipinski definition) is 1. The number of sulfonamides is 1. The van der Waals surface area contributed by atoms with Crippen molar-refractivity contribution in [3.63, 3.8) is 0 Å². The first-order valence-electron chi connectivity index (χ1n) is 7.15. The van der Waals surface area contributed by atoms with Crippen LogP contribution in [0.4, 0.5) is 5.82 Å². The number of benzene rings is 1. The zero-order valence-corrected chi connectivity index (χ0v) is 14.3. The Hall–Kier alpha value is -3.07. The second kappa shape index (κ2) is 6.81. The van der Waals surface area contributed by atoms with E-state index in [-0.39, 0.29) is 22.6 Å². The van der Waals surface area contributed by atoms with Crippen LogP contribution in [0.5, 0.6) is 11.9 Å². The lowest BCUT2D eigenvalue weighted by molar-refractivity contribution is 0.353. The Morgan fingerprint density at radius 3 is 2.40 bits per heavy atom. The molecule has 2 heterocycles. The van der Waals surface area contributed by atoms with E-state index >= 15 is 0 Å². The molecule has 0 fully saturated rings. The molecule has 0 saturated carbocycles. The maximum atomic E-state index is 12.5. The number of nitrogens with one attached hydrogen (secondary N) is 1. The number of furan rings is 1. The fraction of sp³-hybridized carbons (Fsp3) is 0.125. The van der Waals surface area contributed by atoms with Crippen molar-refractivity contribution in [3.05, 3.63) is 48.7 Å². The summed E-state index contributed by atoms with van der Waals surface area (Å²) in [5.74, 6) is 0.874. The van der Waals surface area contributed by atoms with Gasteiger partial charge in [-0.15, -0.1) is 0 Å². The van der Waals surface area contributed by atoms with Gasteiger partial charge < -0.3 is 13.9 Å². The molecule has 2 aromatic heterocycles. The van der Waals surface area contributed by atoms with Crippen LogP contribution < -0.4 is 14.2 Å². The first-order valence-corrected chi connectivity index (χ1v) is 8.64. The lowest BCUT2D eigenvalue weighted by Gasteiger charge is -2.10. The predicted molar refractivity (Wildman–Crippen MR) is 90.1 cm³/mol. The third-order valence-electron chi connectivity index (χ3n) is 3.28. The molecule has 0 aliphatic carbocycles. The second-order valence-corrected chi connectivity index (χ2v) is 6.57. The first-order chi connectivity index (χ1) is 12.0. The summed E-state index contributed by atoms with van der Waals surface area (Å²) in [6, 6.07) is 11.2. The molecule has 8 nitrogen and oxygen atoms in total. The summed E-state index contributed by atoms with van der Waals surface area (Å²) in [5, 5.41) is 0. The monoisotopic (exact) mass is 361 g/mol. The molecule has 0 unspecified atom stereocenters. The Bertz CT molecular complexity index is 932. The Labute approximate surface area is 144 Å². The van der Waals surface area contributed by atoms with Crippen LogP contribution in [0.3, 0.4) is 0 Å². The summed E-state index contributed by atoms with van der Waals surface area (Å²) < 4.78 is 42.6. The van der Waals surface area contributed by atoms with Gasteiger partial charge in [-0.1, -0.05) is 0 Å². The molecule has 0 atom stereocenters. The number of rotatable bonds is 6. The normalized spacial score (nSPS) is 11.1. The zero-order chi connectivity index (χ0) is 17.9. The van der Waals surface area contributed by atoms with E-state index in [0.717, 1.165) is 5.56 Å². The Balaban J connectivity index is 1.87. The number of nitrogens with zero attached hydrogens (tertiary/aromatic N) is 2. The van der Waals surface area contributed by atoms with Gasteiger partial charge in [-0.25, -0.2) is 8.42 Å². The minimum atomic E-state index is -3.83. The molecule has 130 valence electrons. The largest absolute Gasteiger partial charge is 0.481 e. The Morgan fingerprint density at radius 2 is 1.80 bits per heavy atom. The molecule has 9 heteroatoms. The topological polar surface area (TPSA) is 104 Å². The van der Waals surface area contributed by atoms with Crippen molar-refractivity contribution in [1.29, 1.82) is 0 Å². The van der Waals surface area contributed by atoms with E-state index in [4.69, 9.17) is 13.9 Å². The Morgan fingerprint density at radius 1 is 1.04 bits per heavy atom. The molecule has 0 saturated heterocycles. The van der Waals surface area contributed by atoms with Gasteiger partial charge in [0.2, 0.25) is 5.88 Å². The molecule has 1 aromatic carbocycles. The zero-order valence-electron chi connectivity index (χ0n) is 13.5. The number of methoxy groups -OCH3 is 2. The highest BCUT2D eigenvalue weighted by molar-refractivity contribution is 7.92. The molecule has 0 aliphatic heterocycles. The molecule has 0 amide bonds. The molecule has 25 heavy (non-hydrogen) atoms. The van der Waals surface area contributed by atoms with E-state index in [9.17, 15) is 8.42 Å². The van der Waals surface area contributed by atoms with E-state index < -0.39 is 10.0 Å². The van der Waals surface area contributed by atoms with Gasteiger partial charge >= 0.3 is 6.01 Å². The average molecular weight is 361 g/mol. The number of aromatic nitrogens is 2. The quantitative estimate of drug-likeness (QED) is 0.719. The minimum absolute atomic E-state index is 0.00906. The van der Waals surface area contributed by atoms with Gasteiger partial charge in [-0.2, -0.15) is 9.97 Å². The van der Waals surface area contributed by atoms with Crippen molar-refractivity contribution in [1.82, 2.24) is 9.97 Å². The number of anilines is 1. The Kier molecular flexibility index (Phi) is 4.57. The third kappa shape index (κ3) is 3.72. The van der Waals surface area contributed by atoms with Crippen LogP contribution in [0.2, 0.25) is 0 Å². The van der Waals surface area contributed by atoms with Gasteiger partial charge in [0, 0.05) is 11.6 Å². The van der Waals surface area contributed by atoms with Gasteiger partial charge in [0.25, 0.3) is 10.0 Å². The van der Waals surface area contributed by atoms with Crippen molar-refractivity contribution in [2.45, 2.75) is 4.90 Å². The smallest absolute Gasteiger partial charge is 0.321 e. The van der Waals surface area contributed by atoms with Gasteiger partial charge in [0.1, 0.15) is 5.76 Å². The first kappa shape index (κ1) is 16.8. The molecule has 3 rings (SSSR count). The predicted octanol–water partition coefficient (Wildman–Crippen LogP) is 2.55. The van der Waals surface area contributed by atoms with E-state index in [1.807, 2.05) is 0 Å². The summed E-state index contributed by atoms with van der Waals surface area (Å²) in [7, 11) is -1.05. The van der Waals surface area contributed by atoms with E-state index in [1.165, 1.54) is 32.4 Å². The van der Waals surface area contributed by atoms with Gasteiger partial charge in [0.15, 0.2) is 5.82 Å². The fourth-order valence-electron chi connectivity index (χ4n) is 2.09. The average Bonchev–Trinajstić information content (AvgIpc) is 3.15. The summed E-state index contributed by atoms with van der Waals surface area (Å²) in [6.45, 7) is 0. The van der Waals surface area contributed by atoms with Crippen molar-refractivity contribution in [3.8, 4) is 23.2 Å². The van der Waals surface area contributed by atoms with Crippen LogP contribution in [0.1, 0.15) is 0 Å². The fourth-order valence-corrected chi connectivity index (χ4v) is 3.08. The van der Waals surface area contributed by atoms with Crippen molar-refractivity contribution in [2.75, 3.05) is 18.9 Å². The van der Waals surface area contributed by atoms with Gasteiger partial charge in [-0.05, 0) is 36.4 Å². The standard InChI is InChI=1S/C16H15N3O5S/c1-22-15-10-14(17-16(18-15)23-2)19-25(20,21)12-7-5-11(6-8-12)13-4-3-9-24-13/h3-10H,1-2H3,(H,17,18,19). The molecule has 0 radical (unpaired) electrons. The summed E-state index contributed by atoms with van der Waals surface area (Å²) in [4.78, 5) is 7.95. The molecule has 0 aliphatic rings. The van der Waals surface area contributed by atoms with Crippen LogP contribution in [0.15, 0.2) is 58.0 Å².